The van der Waals surface area contributed by atoms with Crippen molar-refractivity contribution in [2.75, 3.05) is 20.6 Å². The molecule has 1 rings (SSSR count). The van der Waals surface area contributed by atoms with Gasteiger partial charge in [-0.25, -0.2) is 4.39 Å². The second-order valence-corrected chi connectivity index (χ2v) is 4.88. The van der Waals surface area contributed by atoms with Gasteiger partial charge in [-0.1, -0.05) is 22.0 Å². The zero-order chi connectivity index (χ0) is 11.4. The summed E-state index contributed by atoms with van der Waals surface area (Å²) in [7, 11) is 3.91. The molecule has 0 heterocycles. The molecule has 1 unspecified atom stereocenters. The van der Waals surface area contributed by atoms with E-state index in [4.69, 9.17) is 5.73 Å². The Morgan fingerprint density at radius 3 is 2.67 bits per heavy atom. The maximum Gasteiger partial charge on any atom is 0.127 e. The standard InChI is InChI=1S/C11H16BrFN2/c1-15(2)7-10(14)5-8-3-4-9(12)6-11(8)13/h3-4,6,10H,5,7,14H2,1-2H3. The lowest BCUT2D eigenvalue weighted by molar-refractivity contribution is 0.369. The van der Waals surface area contributed by atoms with Gasteiger partial charge >= 0.3 is 0 Å². The van der Waals surface area contributed by atoms with Crippen LogP contribution in [0.1, 0.15) is 5.56 Å². The lowest BCUT2D eigenvalue weighted by atomic mass is 10.1. The number of nitrogens with two attached hydrogens (primary N) is 1. The highest BCUT2D eigenvalue weighted by molar-refractivity contribution is 9.10. The van der Waals surface area contributed by atoms with Crippen molar-refractivity contribution < 1.29 is 4.39 Å². The molecule has 0 aliphatic rings. The molecule has 0 saturated carbocycles. The van der Waals surface area contributed by atoms with E-state index in [9.17, 15) is 4.39 Å². The van der Waals surface area contributed by atoms with Gasteiger partial charge in [0.15, 0.2) is 0 Å². The molecule has 4 heteroatoms. The van der Waals surface area contributed by atoms with Crippen LogP contribution in [0.3, 0.4) is 0 Å². The molecule has 0 aromatic heterocycles. The van der Waals surface area contributed by atoms with Crippen LogP contribution >= 0.6 is 15.9 Å². The molecular formula is C11H16BrFN2. The molecule has 0 bridgehead atoms. The summed E-state index contributed by atoms with van der Waals surface area (Å²) < 4.78 is 14.2. The summed E-state index contributed by atoms with van der Waals surface area (Å²) in [5.74, 6) is -0.196. The van der Waals surface area contributed by atoms with Crippen LogP contribution in [0.2, 0.25) is 0 Å². The van der Waals surface area contributed by atoms with Gasteiger partial charge in [-0.15, -0.1) is 0 Å². The van der Waals surface area contributed by atoms with Crippen LogP contribution < -0.4 is 5.73 Å². The molecule has 0 spiro atoms. The van der Waals surface area contributed by atoms with Crippen molar-refractivity contribution in [1.29, 1.82) is 0 Å². The Labute approximate surface area is 98.4 Å². The van der Waals surface area contributed by atoms with Crippen molar-refractivity contribution in [3.63, 3.8) is 0 Å². The first kappa shape index (κ1) is 12.6. The molecule has 2 N–H and O–H groups in total. The molecule has 1 aromatic carbocycles. The number of halogens is 2. The van der Waals surface area contributed by atoms with Crippen molar-refractivity contribution in [2.24, 2.45) is 5.73 Å². The zero-order valence-electron chi connectivity index (χ0n) is 9.00. The lowest BCUT2D eigenvalue weighted by Crippen LogP contribution is -2.35. The smallest absolute Gasteiger partial charge is 0.127 e. The third kappa shape index (κ3) is 4.28. The first-order valence-corrected chi connectivity index (χ1v) is 5.62. The Morgan fingerprint density at radius 1 is 1.47 bits per heavy atom. The van der Waals surface area contributed by atoms with Crippen LogP contribution in [0.15, 0.2) is 22.7 Å². The van der Waals surface area contributed by atoms with Crippen LogP contribution in [-0.2, 0) is 6.42 Å². The Hall–Kier alpha value is -0.450. The first-order valence-electron chi connectivity index (χ1n) is 4.83. The molecule has 84 valence electrons. The quantitative estimate of drug-likeness (QED) is 0.911. The van der Waals surface area contributed by atoms with Crippen molar-refractivity contribution in [1.82, 2.24) is 4.90 Å². The molecule has 0 aliphatic carbocycles. The minimum Gasteiger partial charge on any atom is -0.326 e. The number of rotatable bonds is 4. The maximum atomic E-state index is 13.4. The van der Waals surface area contributed by atoms with Crippen molar-refractivity contribution in [2.45, 2.75) is 12.5 Å². The highest BCUT2D eigenvalue weighted by Gasteiger charge is 2.09. The fourth-order valence-corrected chi connectivity index (χ4v) is 1.84. The maximum absolute atomic E-state index is 13.4. The molecule has 0 amide bonds. The van der Waals surface area contributed by atoms with E-state index >= 15 is 0 Å². The topological polar surface area (TPSA) is 29.3 Å². The number of likely N-dealkylation sites (N-methyl/N-ethyl adjacent to an activating group) is 1. The van der Waals surface area contributed by atoms with E-state index in [2.05, 4.69) is 15.9 Å². The average molecular weight is 275 g/mol. The third-order valence-electron chi connectivity index (χ3n) is 2.10. The fourth-order valence-electron chi connectivity index (χ4n) is 1.50. The summed E-state index contributed by atoms with van der Waals surface area (Å²) in [6.07, 6.45) is 0.567. The van der Waals surface area contributed by atoms with Crippen LogP contribution in [0.25, 0.3) is 0 Å². The highest BCUT2D eigenvalue weighted by Crippen LogP contribution is 2.16. The molecule has 0 fully saturated rings. The van der Waals surface area contributed by atoms with Gasteiger partial charge in [0, 0.05) is 17.1 Å². The summed E-state index contributed by atoms with van der Waals surface area (Å²) in [4.78, 5) is 2.00. The summed E-state index contributed by atoms with van der Waals surface area (Å²) >= 11 is 3.22. The number of hydrogen-bond acceptors (Lipinski definition) is 2. The van der Waals surface area contributed by atoms with Gasteiger partial charge in [-0.3, -0.25) is 0 Å². The summed E-state index contributed by atoms with van der Waals surface area (Å²) in [5.41, 5.74) is 6.57. The van der Waals surface area contributed by atoms with Crippen LogP contribution in [-0.4, -0.2) is 31.6 Å². The zero-order valence-corrected chi connectivity index (χ0v) is 10.6. The lowest BCUT2D eigenvalue weighted by Gasteiger charge is -2.17. The number of benzene rings is 1. The predicted octanol–water partition coefficient (Wildman–Crippen LogP) is 2.02. The minimum absolute atomic E-state index is 0.0318. The van der Waals surface area contributed by atoms with E-state index in [-0.39, 0.29) is 11.9 Å². The average Bonchev–Trinajstić information content (AvgIpc) is 2.08. The Balaban J connectivity index is 2.64. The predicted molar refractivity (Wildman–Crippen MR) is 64.3 cm³/mol. The van der Waals surface area contributed by atoms with Crippen molar-refractivity contribution in [3.8, 4) is 0 Å². The first-order chi connectivity index (χ1) is 6.99. The number of nitrogens with zero attached hydrogens (tertiary/aromatic N) is 1. The van der Waals surface area contributed by atoms with Crippen LogP contribution in [0.4, 0.5) is 4.39 Å². The van der Waals surface area contributed by atoms with Crippen LogP contribution in [0.5, 0.6) is 0 Å². The molecule has 15 heavy (non-hydrogen) atoms. The van der Waals surface area contributed by atoms with Gasteiger partial charge in [-0.05, 0) is 38.2 Å². The summed E-state index contributed by atoms with van der Waals surface area (Å²) in [6.45, 7) is 0.759. The molecule has 1 atom stereocenters. The van der Waals surface area contributed by atoms with Crippen LogP contribution in [0, 0.1) is 5.82 Å². The van der Waals surface area contributed by atoms with Gasteiger partial charge in [0.05, 0.1) is 0 Å². The Kier molecular flexibility index (Phi) is 4.70. The van der Waals surface area contributed by atoms with Gasteiger partial charge < -0.3 is 10.6 Å². The Bertz CT molecular complexity index is 328. The van der Waals surface area contributed by atoms with E-state index in [1.54, 1.807) is 6.07 Å². The minimum atomic E-state index is -0.196. The van der Waals surface area contributed by atoms with Crippen molar-refractivity contribution in [3.05, 3.63) is 34.1 Å². The third-order valence-corrected chi connectivity index (χ3v) is 2.59. The Morgan fingerprint density at radius 2 is 2.13 bits per heavy atom. The van der Waals surface area contributed by atoms with E-state index in [0.29, 0.717) is 12.0 Å². The van der Waals surface area contributed by atoms with Gasteiger partial charge in [-0.2, -0.15) is 0 Å². The molecule has 0 aliphatic heterocycles. The molecule has 0 saturated heterocycles. The monoisotopic (exact) mass is 274 g/mol. The van der Waals surface area contributed by atoms with Gasteiger partial charge in [0.1, 0.15) is 5.82 Å². The SMILES string of the molecule is CN(C)CC(N)Cc1ccc(Br)cc1F. The molecule has 2 nitrogen and oxygen atoms in total. The van der Waals surface area contributed by atoms with E-state index in [1.807, 2.05) is 25.1 Å². The summed E-state index contributed by atoms with van der Waals surface area (Å²) in [6, 6.07) is 5.05. The summed E-state index contributed by atoms with van der Waals surface area (Å²) in [5, 5.41) is 0. The van der Waals surface area contributed by atoms with E-state index in [1.165, 1.54) is 6.07 Å². The normalized spacial score (nSPS) is 13.2. The second kappa shape index (κ2) is 5.58. The number of hydrogen-bond donors (Lipinski definition) is 1. The molecule has 1 aromatic rings. The van der Waals surface area contributed by atoms with E-state index in [0.717, 1.165) is 11.0 Å². The highest BCUT2D eigenvalue weighted by atomic mass is 79.9. The molecular weight excluding hydrogens is 259 g/mol. The van der Waals surface area contributed by atoms with Gasteiger partial charge in [0.25, 0.3) is 0 Å². The fraction of sp³-hybridized carbons (Fsp3) is 0.455. The van der Waals surface area contributed by atoms with Crippen molar-refractivity contribution >= 4 is 15.9 Å². The largest absolute Gasteiger partial charge is 0.326 e. The van der Waals surface area contributed by atoms with Gasteiger partial charge in [0.2, 0.25) is 0 Å². The molecule has 0 radical (unpaired) electrons. The van der Waals surface area contributed by atoms with E-state index < -0.39 is 0 Å². The second-order valence-electron chi connectivity index (χ2n) is 3.96.